The molecule has 2 unspecified atom stereocenters. The van der Waals surface area contributed by atoms with Gasteiger partial charge in [0.05, 0.1) is 0 Å². The number of allylic oxidation sites excluding steroid dienone is 4. The van der Waals surface area contributed by atoms with Gasteiger partial charge in [0, 0.05) is 19.1 Å². The molecule has 0 aliphatic rings. The normalized spacial score (nSPS) is 13.3. The van der Waals surface area contributed by atoms with Gasteiger partial charge >= 0.3 is 0 Å². The number of rotatable bonds is 18. The van der Waals surface area contributed by atoms with Crippen LogP contribution in [0.4, 0.5) is 0 Å². The predicted octanol–water partition coefficient (Wildman–Crippen LogP) is 9.89. The quantitative estimate of drug-likeness (QED) is 0.0630. The monoisotopic (exact) mass is 662 g/mol. The second kappa shape index (κ2) is 22.4. The van der Waals surface area contributed by atoms with Crippen LogP contribution in [0.3, 0.4) is 0 Å². The van der Waals surface area contributed by atoms with Gasteiger partial charge in [-0.25, -0.2) is 0 Å². The standard InChI is InChI=1S/C40H48N2P2.C3H8/c1-5-19-36(7-3)43(37-22-11-8-12-23-37)29-28-41-30-34-20-17-18-21-35(34)31-42-40(33(4)6-2)32-44(38-24-13-9-14-25-38)39-26-15-10-16-27-39;1-3-2/h5,7-27,33,40-42H,1,3,6,28-32H2,2,4H3;3H2,1-2H3/b36-19+;/t33?,40-,43?;/m1./s1. The van der Waals surface area contributed by atoms with Gasteiger partial charge < -0.3 is 10.6 Å². The first-order chi connectivity index (χ1) is 23.1. The van der Waals surface area contributed by atoms with Gasteiger partial charge in [-0.05, 0) is 73.0 Å². The second-order valence-corrected chi connectivity index (χ2v) is 16.4. The van der Waals surface area contributed by atoms with Crippen molar-refractivity contribution < 1.29 is 0 Å². The summed E-state index contributed by atoms with van der Waals surface area (Å²) in [4.78, 5) is 0. The fourth-order valence-electron chi connectivity index (χ4n) is 5.46. The number of nitrogens with one attached hydrogen (secondary N) is 2. The molecule has 0 fully saturated rings. The lowest BCUT2D eigenvalue weighted by molar-refractivity contribution is 0.393. The van der Waals surface area contributed by atoms with Crippen molar-refractivity contribution in [1.82, 2.24) is 10.6 Å². The maximum Gasteiger partial charge on any atom is 0.0211 e. The van der Waals surface area contributed by atoms with Crippen molar-refractivity contribution in [3.8, 4) is 0 Å². The molecule has 248 valence electrons. The number of hydrogen-bond acceptors (Lipinski definition) is 2. The van der Waals surface area contributed by atoms with Gasteiger partial charge in [0.25, 0.3) is 0 Å². The summed E-state index contributed by atoms with van der Waals surface area (Å²) in [5.74, 6) is 0.581. The van der Waals surface area contributed by atoms with Crippen LogP contribution in [-0.2, 0) is 13.1 Å². The zero-order valence-electron chi connectivity index (χ0n) is 29.1. The summed E-state index contributed by atoms with van der Waals surface area (Å²) in [6.45, 7) is 19.7. The predicted molar refractivity (Wildman–Crippen MR) is 214 cm³/mol. The molecule has 0 saturated carbocycles. The Hall–Kier alpha value is -3.12. The van der Waals surface area contributed by atoms with Crippen LogP contribution in [0.2, 0.25) is 0 Å². The third kappa shape index (κ3) is 12.8. The zero-order valence-corrected chi connectivity index (χ0v) is 30.9. The van der Waals surface area contributed by atoms with E-state index in [2.05, 4.69) is 173 Å². The maximum atomic E-state index is 4.09. The molecule has 4 aromatic rings. The van der Waals surface area contributed by atoms with Crippen molar-refractivity contribution in [1.29, 1.82) is 0 Å². The van der Waals surface area contributed by atoms with Crippen molar-refractivity contribution in [2.45, 2.75) is 59.7 Å². The molecule has 4 aromatic carbocycles. The van der Waals surface area contributed by atoms with Crippen molar-refractivity contribution >= 4 is 31.8 Å². The Balaban J connectivity index is 0.00000192. The molecule has 2 N–H and O–H groups in total. The summed E-state index contributed by atoms with van der Waals surface area (Å²) in [7, 11) is -0.941. The Kier molecular flexibility index (Phi) is 18.3. The lowest BCUT2D eigenvalue weighted by atomic mass is 10.00. The fraction of sp³-hybridized carbons (Fsp3) is 0.302. The third-order valence-corrected chi connectivity index (χ3v) is 13.4. The molecular formula is C43H56N2P2. The van der Waals surface area contributed by atoms with Crippen LogP contribution in [-0.4, -0.2) is 24.9 Å². The van der Waals surface area contributed by atoms with E-state index in [1.165, 1.54) is 38.8 Å². The molecule has 0 amide bonds. The molecule has 4 rings (SSSR count). The van der Waals surface area contributed by atoms with Crippen molar-refractivity contribution in [3.63, 3.8) is 0 Å². The van der Waals surface area contributed by atoms with Gasteiger partial charge in [0.1, 0.15) is 0 Å². The summed E-state index contributed by atoms with van der Waals surface area (Å²) in [6.07, 6.45) is 10.6. The minimum absolute atomic E-state index is 0.427. The molecule has 0 aliphatic carbocycles. The first-order valence-electron chi connectivity index (χ1n) is 17.2. The van der Waals surface area contributed by atoms with E-state index in [-0.39, 0.29) is 0 Å². The molecule has 0 heterocycles. The highest BCUT2D eigenvalue weighted by molar-refractivity contribution is 7.73. The average molecular weight is 663 g/mol. The smallest absolute Gasteiger partial charge is 0.0211 e. The number of hydrogen-bond donors (Lipinski definition) is 2. The molecule has 0 aliphatic heterocycles. The lowest BCUT2D eigenvalue weighted by Crippen LogP contribution is -2.39. The molecule has 4 heteroatoms. The summed E-state index contributed by atoms with van der Waals surface area (Å²) in [5.41, 5.74) is 2.74. The summed E-state index contributed by atoms with van der Waals surface area (Å²) in [6, 6.07) is 42.3. The van der Waals surface area contributed by atoms with Crippen LogP contribution in [0.1, 0.15) is 51.7 Å². The Morgan fingerprint density at radius 2 is 1.19 bits per heavy atom. The minimum atomic E-state index is -0.487. The van der Waals surface area contributed by atoms with Crippen LogP contribution in [0.25, 0.3) is 0 Å². The molecule has 2 nitrogen and oxygen atoms in total. The molecule has 0 bridgehead atoms. The summed E-state index contributed by atoms with van der Waals surface area (Å²) >= 11 is 0. The Bertz CT molecular complexity index is 1410. The van der Waals surface area contributed by atoms with Crippen LogP contribution in [0.15, 0.2) is 152 Å². The van der Waals surface area contributed by atoms with Gasteiger partial charge in [0.2, 0.25) is 0 Å². The molecular weight excluding hydrogens is 606 g/mol. The van der Waals surface area contributed by atoms with E-state index in [1.807, 2.05) is 12.2 Å². The van der Waals surface area contributed by atoms with Gasteiger partial charge in [-0.3, -0.25) is 0 Å². The van der Waals surface area contributed by atoms with E-state index < -0.39 is 15.8 Å². The lowest BCUT2D eigenvalue weighted by Gasteiger charge is -2.30. The highest BCUT2D eigenvalue weighted by Crippen LogP contribution is 2.43. The minimum Gasteiger partial charge on any atom is -0.312 e. The zero-order chi connectivity index (χ0) is 33.7. The maximum absolute atomic E-state index is 4.09. The van der Waals surface area contributed by atoms with Gasteiger partial charge in [0.15, 0.2) is 0 Å². The Labute approximate surface area is 289 Å². The Morgan fingerprint density at radius 1 is 0.702 bits per heavy atom. The molecule has 0 saturated heterocycles. The SMILES string of the molecule is C=C/C=C(\C=C)P(CCNCc1ccccc1CN[C@H](CP(c1ccccc1)c1ccccc1)C(C)CC)c1ccccc1.CCC. The first-order valence-corrected chi connectivity index (χ1v) is 20.3. The molecule has 0 aromatic heterocycles. The second-order valence-electron chi connectivity index (χ2n) is 11.8. The first kappa shape index (κ1) is 38.3. The van der Waals surface area contributed by atoms with Gasteiger partial charge in [-0.1, -0.05) is 187 Å². The largest absolute Gasteiger partial charge is 0.312 e. The highest BCUT2D eigenvalue weighted by atomic mass is 31.1. The third-order valence-electron chi connectivity index (χ3n) is 8.22. The van der Waals surface area contributed by atoms with Gasteiger partial charge in [-0.2, -0.15) is 0 Å². The fourth-order valence-corrected chi connectivity index (χ4v) is 10.4. The van der Waals surface area contributed by atoms with E-state index in [9.17, 15) is 0 Å². The molecule has 0 radical (unpaired) electrons. The topological polar surface area (TPSA) is 24.1 Å². The van der Waals surface area contributed by atoms with E-state index in [0.29, 0.717) is 12.0 Å². The van der Waals surface area contributed by atoms with E-state index >= 15 is 0 Å². The summed E-state index contributed by atoms with van der Waals surface area (Å²) in [5, 5.41) is 13.3. The van der Waals surface area contributed by atoms with E-state index in [0.717, 1.165) is 38.4 Å². The van der Waals surface area contributed by atoms with Crippen LogP contribution < -0.4 is 26.5 Å². The average Bonchev–Trinajstić information content (AvgIpc) is 3.12. The molecule has 0 spiro atoms. The van der Waals surface area contributed by atoms with Crippen LogP contribution in [0.5, 0.6) is 0 Å². The highest BCUT2D eigenvalue weighted by Gasteiger charge is 2.23. The molecule has 3 atom stereocenters. The Morgan fingerprint density at radius 3 is 1.68 bits per heavy atom. The summed E-state index contributed by atoms with van der Waals surface area (Å²) < 4.78 is 0. The van der Waals surface area contributed by atoms with Crippen LogP contribution in [0, 0.1) is 5.92 Å². The van der Waals surface area contributed by atoms with Gasteiger partial charge in [-0.15, -0.1) is 0 Å². The number of benzene rings is 4. The van der Waals surface area contributed by atoms with Crippen molar-refractivity contribution in [2.75, 3.05) is 18.9 Å². The van der Waals surface area contributed by atoms with Crippen molar-refractivity contribution in [3.05, 3.63) is 163 Å². The van der Waals surface area contributed by atoms with Crippen LogP contribution >= 0.6 is 15.8 Å². The van der Waals surface area contributed by atoms with E-state index in [4.69, 9.17) is 0 Å². The molecule has 47 heavy (non-hydrogen) atoms. The van der Waals surface area contributed by atoms with E-state index in [1.54, 1.807) is 0 Å². The van der Waals surface area contributed by atoms with Crippen molar-refractivity contribution in [2.24, 2.45) is 5.92 Å².